The van der Waals surface area contributed by atoms with Crippen molar-refractivity contribution in [3.8, 4) is 0 Å². The Morgan fingerprint density at radius 1 is 1.00 bits per heavy atom. The van der Waals surface area contributed by atoms with Crippen LogP contribution in [0.25, 0.3) is 0 Å². The second-order valence-electron chi connectivity index (χ2n) is 2.77. The molecule has 1 N–H and O–H groups in total. The van der Waals surface area contributed by atoms with E-state index >= 15 is 0 Å². The summed E-state index contributed by atoms with van der Waals surface area (Å²) in [5.41, 5.74) is 0. The molecular formula is C9H20N. The lowest BCUT2D eigenvalue weighted by Gasteiger charge is -1.98. The summed E-state index contributed by atoms with van der Waals surface area (Å²) in [6, 6.07) is 0. The Morgan fingerprint density at radius 3 is 2.20 bits per heavy atom. The molecule has 0 amide bonds. The molecular weight excluding hydrogens is 122 g/mol. The van der Waals surface area contributed by atoms with Gasteiger partial charge in [0.2, 0.25) is 0 Å². The van der Waals surface area contributed by atoms with Gasteiger partial charge in [-0.2, -0.15) is 0 Å². The molecule has 0 aromatic carbocycles. The fourth-order valence-corrected chi connectivity index (χ4v) is 1.03. The first kappa shape index (κ1) is 9.96. The van der Waals surface area contributed by atoms with Crippen molar-refractivity contribution in [2.45, 2.75) is 45.4 Å². The summed E-state index contributed by atoms with van der Waals surface area (Å²) < 4.78 is 0. The van der Waals surface area contributed by atoms with Crippen molar-refractivity contribution >= 4 is 0 Å². The zero-order valence-corrected chi connectivity index (χ0v) is 7.16. The lowest BCUT2D eigenvalue weighted by molar-refractivity contribution is 0.597. The molecule has 1 nitrogen and oxygen atoms in total. The van der Waals surface area contributed by atoms with Gasteiger partial charge in [0.25, 0.3) is 0 Å². The van der Waals surface area contributed by atoms with E-state index in [2.05, 4.69) is 19.3 Å². The molecule has 0 aliphatic carbocycles. The average molecular weight is 142 g/mol. The lowest BCUT2D eigenvalue weighted by atomic mass is 10.1. The Labute approximate surface area is 65.2 Å². The average Bonchev–Trinajstić information content (AvgIpc) is 1.97. The van der Waals surface area contributed by atoms with E-state index in [0.29, 0.717) is 0 Å². The van der Waals surface area contributed by atoms with Crippen molar-refractivity contribution in [1.29, 1.82) is 0 Å². The second kappa shape index (κ2) is 8.96. The van der Waals surface area contributed by atoms with E-state index < -0.39 is 0 Å². The third-order valence-corrected chi connectivity index (χ3v) is 1.71. The van der Waals surface area contributed by atoms with Crippen molar-refractivity contribution in [2.75, 3.05) is 6.54 Å². The molecule has 61 valence electrons. The van der Waals surface area contributed by atoms with Gasteiger partial charge >= 0.3 is 0 Å². The van der Waals surface area contributed by atoms with E-state index in [-0.39, 0.29) is 0 Å². The zero-order valence-electron chi connectivity index (χ0n) is 7.16. The Hall–Kier alpha value is -0.0400. The van der Waals surface area contributed by atoms with Crippen LogP contribution in [0, 0.1) is 7.05 Å². The van der Waals surface area contributed by atoms with E-state index in [0.717, 1.165) is 6.54 Å². The summed E-state index contributed by atoms with van der Waals surface area (Å²) in [5.74, 6) is 0. The number of unbranched alkanes of at least 4 members (excludes halogenated alkanes) is 5. The van der Waals surface area contributed by atoms with Gasteiger partial charge in [-0.15, -0.1) is 0 Å². The van der Waals surface area contributed by atoms with Crippen LogP contribution in [0.2, 0.25) is 0 Å². The fraction of sp³-hybridized carbons (Fsp3) is 0.889. The number of nitrogens with one attached hydrogen (secondary N) is 1. The SMILES string of the molecule is [CH2]NCCCCCCCC. The van der Waals surface area contributed by atoms with Gasteiger partial charge in [0.15, 0.2) is 0 Å². The van der Waals surface area contributed by atoms with Crippen LogP contribution in [0.5, 0.6) is 0 Å². The molecule has 10 heavy (non-hydrogen) atoms. The van der Waals surface area contributed by atoms with Crippen molar-refractivity contribution in [3.63, 3.8) is 0 Å². The molecule has 1 heteroatoms. The first-order valence-corrected chi connectivity index (χ1v) is 4.41. The van der Waals surface area contributed by atoms with E-state index in [4.69, 9.17) is 0 Å². The predicted octanol–water partition coefficient (Wildman–Crippen LogP) is 2.73. The minimum Gasteiger partial charge on any atom is -0.315 e. The quantitative estimate of drug-likeness (QED) is 0.539. The highest BCUT2D eigenvalue weighted by Gasteiger charge is 1.87. The monoisotopic (exact) mass is 142 g/mol. The molecule has 0 fully saturated rings. The Kier molecular flexibility index (Phi) is 8.92. The predicted molar refractivity (Wildman–Crippen MR) is 46.7 cm³/mol. The summed E-state index contributed by atoms with van der Waals surface area (Å²) in [4.78, 5) is 0. The van der Waals surface area contributed by atoms with Gasteiger partial charge < -0.3 is 5.32 Å². The molecule has 0 rings (SSSR count). The Bertz CT molecular complexity index is 44.7. The first-order chi connectivity index (χ1) is 4.91. The third-order valence-electron chi connectivity index (χ3n) is 1.71. The number of hydrogen-bond acceptors (Lipinski definition) is 1. The topological polar surface area (TPSA) is 12.0 Å². The van der Waals surface area contributed by atoms with Crippen LogP contribution in [-0.2, 0) is 0 Å². The highest BCUT2D eigenvalue weighted by molar-refractivity contribution is 4.46. The maximum absolute atomic E-state index is 3.57. The summed E-state index contributed by atoms with van der Waals surface area (Å²) in [7, 11) is 3.57. The van der Waals surface area contributed by atoms with Gasteiger partial charge in [-0.25, -0.2) is 0 Å². The molecule has 1 radical (unpaired) electrons. The van der Waals surface area contributed by atoms with Crippen molar-refractivity contribution in [2.24, 2.45) is 0 Å². The second-order valence-corrected chi connectivity index (χ2v) is 2.77. The largest absolute Gasteiger partial charge is 0.315 e. The van der Waals surface area contributed by atoms with Crippen molar-refractivity contribution < 1.29 is 0 Å². The standard InChI is InChI=1S/C9H20N/c1-3-4-5-6-7-8-9-10-2/h10H,2-9H2,1H3. The molecule has 0 unspecified atom stereocenters. The maximum atomic E-state index is 3.57. The summed E-state index contributed by atoms with van der Waals surface area (Å²) in [5, 5.41) is 2.91. The van der Waals surface area contributed by atoms with Gasteiger partial charge in [0.1, 0.15) is 0 Å². The van der Waals surface area contributed by atoms with Crippen LogP contribution < -0.4 is 5.32 Å². The summed E-state index contributed by atoms with van der Waals surface area (Å²) in [6.45, 7) is 3.32. The van der Waals surface area contributed by atoms with Gasteiger partial charge in [-0.05, 0) is 13.0 Å². The molecule has 0 saturated heterocycles. The Balaban J connectivity index is 2.65. The molecule has 0 aromatic heterocycles. The molecule has 0 aliphatic heterocycles. The fourth-order valence-electron chi connectivity index (χ4n) is 1.03. The summed E-state index contributed by atoms with van der Waals surface area (Å²) in [6.07, 6.45) is 8.20. The van der Waals surface area contributed by atoms with Crippen LogP contribution in [0.4, 0.5) is 0 Å². The minimum absolute atomic E-state index is 1.08. The summed E-state index contributed by atoms with van der Waals surface area (Å²) >= 11 is 0. The van der Waals surface area contributed by atoms with E-state index in [1.165, 1.54) is 38.5 Å². The normalized spacial score (nSPS) is 10.2. The third kappa shape index (κ3) is 7.96. The van der Waals surface area contributed by atoms with Gasteiger partial charge in [-0.3, -0.25) is 0 Å². The molecule has 0 atom stereocenters. The van der Waals surface area contributed by atoms with Crippen LogP contribution in [0.1, 0.15) is 45.4 Å². The highest BCUT2D eigenvalue weighted by Crippen LogP contribution is 2.03. The number of rotatable bonds is 7. The smallest absolute Gasteiger partial charge is 0.00767 e. The van der Waals surface area contributed by atoms with Gasteiger partial charge in [0, 0.05) is 7.05 Å². The molecule has 0 aromatic rings. The van der Waals surface area contributed by atoms with Crippen molar-refractivity contribution in [3.05, 3.63) is 7.05 Å². The van der Waals surface area contributed by atoms with Crippen LogP contribution >= 0.6 is 0 Å². The minimum atomic E-state index is 1.08. The van der Waals surface area contributed by atoms with Crippen LogP contribution in [0.3, 0.4) is 0 Å². The maximum Gasteiger partial charge on any atom is 0.00767 e. The lowest BCUT2D eigenvalue weighted by Crippen LogP contribution is -2.03. The zero-order chi connectivity index (χ0) is 7.66. The van der Waals surface area contributed by atoms with E-state index in [1.807, 2.05) is 0 Å². The molecule has 0 aliphatic rings. The van der Waals surface area contributed by atoms with E-state index in [9.17, 15) is 0 Å². The van der Waals surface area contributed by atoms with Gasteiger partial charge in [0.05, 0.1) is 0 Å². The highest BCUT2D eigenvalue weighted by atomic mass is 14.8. The molecule has 0 spiro atoms. The molecule has 0 heterocycles. The molecule has 0 saturated carbocycles. The van der Waals surface area contributed by atoms with Crippen LogP contribution in [0.15, 0.2) is 0 Å². The Morgan fingerprint density at radius 2 is 1.60 bits per heavy atom. The van der Waals surface area contributed by atoms with E-state index in [1.54, 1.807) is 0 Å². The van der Waals surface area contributed by atoms with Gasteiger partial charge in [-0.1, -0.05) is 39.0 Å². The van der Waals surface area contributed by atoms with Crippen molar-refractivity contribution in [1.82, 2.24) is 5.32 Å². The number of hydrogen-bond donors (Lipinski definition) is 1. The van der Waals surface area contributed by atoms with Crippen LogP contribution in [-0.4, -0.2) is 6.54 Å². The first-order valence-electron chi connectivity index (χ1n) is 4.41. The molecule has 0 bridgehead atoms.